The number of hydrogen-bond acceptors (Lipinski definition) is 3. The zero-order valence-corrected chi connectivity index (χ0v) is 12.2. The second-order valence-electron chi connectivity index (χ2n) is 4.58. The largest absolute Gasteiger partial charge is 0.483 e. The highest BCUT2D eigenvalue weighted by Crippen LogP contribution is 2.28. The van der Waals surface area contributed by atoms with Gasteiger partial charge in [0.25, 0.3) is 6.47 Å². The van der Waals surface area contributed by atoms with Crippen LogP contribution in [0.5, 0.6) is 0 Å². The fraction of sp³-hybridized carbons (Fsp3) is 0.429. The van der Waals surface area contributed by atoms with Crippen LogP contribution in [0.25, 0.3) is 0 Å². The van der Waals surface area contributed by atoms with E-state index >= 15 is 0 Å². The van der Waals surface area contributed by atoms with Gasteiger partial charge in [-0.05, 0) is 24.1 Å². The smallest absolute Gasteiger partial charge is 0.290 e. The fourth-order valence-electron chi connectivity index (χ4n) is 1.44. The SMILES string of the molecule is CC(=O)Nc1ccccc1C(C)(C)C.CN.O=CO. The van der Waals surface area contributed by atoms with E-state index in [-0.39, 0.29) is 17.8 Å². The average Bonchev–Trinajstić information content (AvgIpc) is 2.31. The maximum Gasteiger partial charge on any atom is 0.290 e. The highest BCUT2D eigenvalue weighted by Gasteiger charge is 2.17. The van der Waals surface area contributed by atoms with Crippen LogP contribution in [0.2, 0.25) is 0 Å². The molecule has 0 aliphatic carbocycles. The Balaban J connectivity index is 0. The van der Waals surface area contributed by atoms with Crippen LogP contribution in [0, 0.1) is 0 Å². The molecule has 1 amide bonds. The van der Waals surface area contributed by atoms with Crippen molar-refractivity contribution in [2.45, 2.75) is 33.1 Å². The minimum atomic E-state index is -0.250. The predicted molar refractivity (Wildman–Crippen MR) is 78.2 cm³/mol. The molecule has 0 radical (unpaired) electrons. The number of nitrogens with two attached hydrogens (primary N) is 1. The Kier molecular flexibility index (Phi) is 10.3. The lowest BCUT2D eigenvalue weighted by molar-refractivity contribution is -0.123. The van der Waals surface area contributed by atoms with Crippen molar-refractivity contribution in [1.29, 1.82) is 0 Å². The van der Waals surface area contributed by atoms with E-state index in [2.05, 4.69) is 31.8 Å². The lowest BCUT2D eigenvalue weighted by Gasteiger charge is -2.22. The van der Waals surface area contributed by atoms with Crippen molar-refractivity contribution in [3.8, 4) is 0 Å². The van der Waals surface area contributed by atoms with E-state index in [0.717, 1.165) is 11.3 Å². The second-order valence-corrected chi connectivity index (χ2v) is 4.58. The number of amides is 1. The van der Waals surface area contributed by atoms with Gasteiger partial charge in [0.05, 0.1) is 0 Å². The van der Waals surface area contributed by atoms with Gasteiger partial charge in [-0.3, -0.25) is 9.59 Å². The summed E-state index contributed by atoms with van der Waals surface area (Å²) in [6.07, 6.45) is 0. The van der Waals surface area contributed by atoms with Crippen LogP contribution in [0.15, 0.2) is 24.3 Å². The molecule has 0 fully saturated rings. The van der Waals surface area contributed by atoms with Crippen LogP contribution in [-0.2, 0) is 15.0 Å². The van der Waals surface area contributed by atoms with E-state index in [4.69, 9.17) is 9.90 Å². The van der Waals surface area contributed by atoms with Gasteiger partial charge in [0, 0.05) is 12.6 Å². The zero-order chi connectivity index (χ0) is 15.5. The van der Waals surface area contributed by atoms with E-state index in [9.17, 15) is 4.79 Å². The molecule has 0 atom stereocenters. The first kappa shape index (κ1) is 19.5. The summed E-state index contributed by atoms with van der Waals surface area (Å²) in [5, 5.41) is 9.73. The molecular weight excluding hydrogens is 244 g/mol. The highest BCUT2D eigenvalue weighted by molar-refractivity contribution is 5.89. The molecule has 5 heteroatoms. The molecule has 0 aliphatic heterocycles. The summed E-state index contributed by atoms with van der Waals surface area (Å²) in [5.74, 6) is -0.0262. The van der Waals surface area contributed by atoms with Crippen molar-refractivity contribution in [3.63, 3.8) is 0 Å². The van der Waals surface area contributed by atoms with E-state index in [1.165, 1.54) is 14.0 Å². The van der Waals surface area contributed by atoms with E-state index in [0.29, 0.717) is 0 Å². The molecule has 0 spiro atoms. The molecule has 0 saturated carbocycles. The van der Waals surface area contributed by atoms with Gasteiger partial charge in [-0.2, -0.15) is 0 Å². The molecule has 0 saturated heterocycles. The van der Waals surface area contributed by atoms with Crippen LogP contribution in [0.1, 0.15) is 33.3 Å². The minimum Gasteiger partial charge on any atom is -0.483 e. The number of para-hydroxylation sites is 1. The summed E-state index contributed by atoms with van der Waals surface area (Å²) < 4.78 is 0. The number of hydrogen-bond donors (Lipinski definition) is 3. The maximum atomic E-state index is 11.0. The Bertz CT molecular complexity index is 385. The van der Waals surface area contributed by atoms with E-state index < -0.39 is 0 Å². The molecule has 1 aromatic rings. The Morgan fingerprint density at radius 1 is 1.26 bits per heavy atom. The normalized spacial score (nSPS) is 9.16. The summed E-state index contributed by atoms with van der Waals surface area (Å²) in [6, 6.07) is 7.90. The molecule has 19 heavy (non-hydrogen) atoms. The summed E-state index contributed by atoms with van der Waals surface area (Å²) in [5.41, 5.74) is 6.63. The quantitative estimate of drug-likeness (QED) is 0.681. The van der Waals surface area contributed by atoms with E-state index in [1.54, 1.807) is 0 Å². The number of anilines is 1. The number of carboxylic acid groups (broad SMARTS) is 1. The molecule has 108 valence electrons. The van der Waals surface area contributed by atoms with Gasteiger partial charge in [0.2, 0.25) is 5.91 Å². The van der Waals surface area contributed by atoms with Crippen LogP contribution in [0.3, 0.4) is 0 Å². The van der Waals surface area contributed by atoms with Gasteiger partial charge < -0.3 is 16.2 Å². The summed E-state index contributed by atoms with van der Waals surface area (Å²) in [6.45, 7) is 7.67. The number of nitrogens with one attached hydrogen (secondary N) is 1. The third kappa shape index (κ3) is 8.79. The fourth-order valence-corrected chi connectivity index (χ4v) is 1.44. The standard InChI is InChI=1S/C12H17NO.CH5N.CH2O2/c1-9(14)13-11-8-6-5-7-10(11)12(2,3)4;1-2;2-1-3/h5-8H,1-4H3,(H,13,14);2H2,1H3;1H,(H,2,3). The lowest BCUT2D eigenvalue weighted by atomic mass is 9.86. The lowest BCUT2D eigenvalue weighted by Crippen LogP contribution is -2.16. The van der Waals surface area contributed by atoms with Crippen LogP contribution in [-0.4, -0.2) is 24.5 Å². The Labute approximate surface area is 114 Å². The third-order valence-corrected chi connectivity index (χ3v) is 2.05. The molecule has 4 N–H and O–H groups in total. The Hall–Kier alpha value is -1.88. The monoisotopic (exact) mass is 268 g/mol. The zero-order valence-electron chi connectivity index (χ0n) is 12.2. The molecule has 0 aromatic heterocycles. The Morgan fingerprint density at radius 3 is 2.05 bits per heavy atom. The van der Waals surface area contributed by atoms with Crippen molar-refractivity contribution in [3.05, 3.63) is 29.8 Å². The van der Waals surface area contributed by atoms with E-state index in [1.807, 2.05) is 24.3 Å². The van der Waals surface area contributed by atoms with Crippen LogP contribution in [0.4, 0.5) is 5.69 Å². The third-order valence-electron chi connectivity index (χ3n) is 2.05. The molecule has 1 rings (SSSR count). The van der Waals surface area contributed by atoms with Crippen molar-refractivity contribution in [2.24, 2.45) is 5.73 Å². The molecule has 0 bridgehead atoms. The van der Waals surface area contributed by atoms with Gasteiger partial charge in [-0.1, -0.05) is 39.0 Å². The maximum absolute atomic E-state index is 11.0. The molecule has 0 unspecified atom stereocenters. The van der Waals surface area contributed by atoms with Crippen LogP contribution >= 0.6 is 0 Å². The van der Waals surface area contributed by atoms with Crippen molar-refractivity contribution >= 4 is 18.1 Å². The summed E-state index contributed by atoms with van der Waals surface area (Å²) >= 11 is 0. The number of benzene rings is 1. The van der Waals surface area contributed by atoms with Crippen molar-refractivity contribution < 1.29 is 14.7 Å². The summed E-state index contributed by atoms with van der Waals surface area (Å²) in [4.78, 5) is 19.3. The van der Waals surface area contributed by atoms with Gasteiger partial charge in [0.15, 0.2) is 0 Å². The number of carbonyl (C=O) groups is 2. The molecule has 5 nitrogen and oxygen atoms in total. The predicted octanol–water partition coefficient (Wildman–Crippen LogP) is 2.22. The highest BCUT2D eigenvalue weighted by atomic mass is 16.3. The first-order chi connectivity index (χ1) is 8.82. The van der Waals surface area contributed by atoms with Gasteiger partial charge >= 0.3 is 0 Å². The first-order valence-corrected chi connectivity index (χ1v) is 5.85. The molecule has 0 heterocycles. The first-order valence-electron chi connectivity index (χ1n) is 5.85. The minimum absolute atomic E-state index is 0.0262. The van der Waals surface area contributed by atoms with Crippen molar-refractivity contribution in [2.75, 3.05) is 12.4 Å². The Morgan fingerprint density at radius 2 is 1.68 bits per heavy atom. The molecule has 1 aromatic carbocycles. The van der Waals surface area contributed by atoms with Gasteiger partial charge in [-0.15, -0.1) is 0 Å². The van der Waals surface area contributed by atoms with Gasteiger partial charge in [0.1, 0.15) is 0 Å². The molecular formula is C14H24N2O3. The van der Waals surface area contributed by atoms with Crippen molar-refractivity contribution in [1.82, 2.24) is 0 Å². The number of rotatable bonds is 1. The van der Waals surface area contributed by atoms with Crippen LogP contribution < -0.4 is 11.1 Å². The molecule has 0 aliphatic rings. The number of carbonyl (C=O) groups excluding carboxylic acids is 1. The second kappa shape index (κ2) is 10.1. The van der Waals surface area contributed by atoms with Gasteiger partial charge in [-0.25, -0.2) is 0 Å². The summed E-state index contributed by atoms with van der Waals surface area (Å²) in [7, 11) is 1.50. The average molecular weight is 268 g/mol. The topological polar surface area (TPSA) is 92.4 Å².